The monoisotopic (exact) mass is 378 g/mol. The predicted octanol–water partition coefficient (Wildman–Crippen LogP) is 2.42. The summed E-state index contributed by atoms with van der Waals surface area (Å²) in [4.78, 5) is 2.89. The fourth-order valence-corrected chi connectivity index (χ4v) is 2.91. The van der Waals surface area contributed by atoms with Gasteiger partial charge in [0, 0.05) is 10.7 Å². The van der Waals surface area contributed by atoms with E-state index >= 15 is 0 Å². The van der Waals surface area contributed by atoms with Gasteiger partial charge in [-0.15, -0.1) is 0 Å². The van der Waals surface area contributed by atoms with Gasteiger partial charge in [0.05, 0.1) is 6.61 Å². The van der Waals surface area contributed by atoms with E-state index in [1.54, 1.807) is 0 Å². The topological polar surface area (TPSA) is 79.3 Å². The Balaban J connectivity index is 2.44. The van der Waals surface area contributed by atoms with E-state index in [1.807, 2.05) is 4.72 Å². The van der Waals surface area contributed by atoms with E-state index in [0.717, 1.165) is 12.1 Å². The molecule has 2 aromatic rings. The lowest BCUT2D eigenvalue weighted by Gasteiger charge is -2.10. The summed E-state index contributed by atoms with van der Waals surface area (Å²) in [7, 11) is -4.37. The maximum Gasteiger partial charge on any atom is 0.266 e. The van der Waals surface area contributed by atoms with Crippen LogP contribution >= 0.6 is 15.9 Å². The molecule has 0 bridgehead atoms. The molecule has 0 atom stereocenters. The number of nitrogens with zero attached hydrogens (tertiary/aromatic N) is 1. The number of aliphatic hydroxyl groups excluding tert-OH is 1. The number of benzene rings is 1. The van der Waals surface area contributed by atoms with Crippen molar-refractivity contribution in [1.29, 1.82) is 0 Å². The highest BCUT2D eigenvalue weighted by molar-refractivity contribution is 9.10. The van der Waals surface area contributed by atoms with E-state index in [0.29, 0.717) is 4.47 Å². The van der Waals surface area contributed by atoms with Crippen LogP contribution in [0.4, 0.5) is 14.6 Å². The van der Waals surface area contributed by atoms with E-state index in [-0.39, 0.29) is 11.4 Å². The van der Waals surface area contributed by atoms with Gasteiger partial charge in [0.25, 0.3) is 10.0 Å². The fraction of sp³-hybridized carbons (Fsp3) is 0.0833. The van der Waals surface area contributed by atoms with Crippen molar-refractivity contribution < 1.29 is 22.3 Å². The Morgan fingerprint density at radius 2 is 2.00 bits per heavy atom. The molecule has 1 heterocycles. The second-order valence-electron chi connectivity index (χ2n) is 4.02. The first-order chi connectivity index (χ1) is 9.83. The standard InChI is InChI=1S/C12H9BrF2N2O3S/c13-8-1-2-11(16-5-8)17-21(19,20)10-4-7(6-18)3-9(14)12(10)15/h1-5,18H,6H2,(H,16,17). The van der Waals surface area contributed by atoms with Gasteiger partial charge in [-0.1, -0.05) is 0 Å². The molecule has 0 radical (unpaired) electrons. The summed E-state index contributed by atoms with van der Waals surface area (Å²) in [6.07, 6.45) is 1.35. The van der Waals surface area contributed by atoms with E-state index in [1.165, 1.54) is 18.3 Å². The van der Waals surface area contributed by atoms with Crippen molar-refractivity contribution in [2.75, 3.05) is 4.72 Å². The van der Waals surface area contributed by atoms with E-state index in [2.05, 4.69) is 20.9 Å². The number of aliphatic hydroxyl groups is 1. The Labute approximate surface area is 127 Å². The molecule has 0 fully saturated rings. The van der Waals surface area contributed by atoms with Crippen molar-refractivity contribution in [2.45, 2.75) is 11.5 Å². The van der Waals surface area contributed by atoms with Crippen LogP contribution in [-0.2, 0) is 16.6 Å². The first-order valence-corrected chi connectivity index (χ1v) is 7.84. The Morgan fingerprint density at radius 3 is 2.57 bits per heavy atom. The van der Waals surface area contributed by atoms with Crippen molar-refractivity contribution in [3.05, 3.63) is 52.1 Å². The molecule has 0 aliphatic rings. The summed E-state index contributed by atoms with van der Waals surface area (Å²) in [5, 5.41) is 8.94. The minimum atomic E-state index is -4.37. The highest BCUT2D eigenvalue weighted by Gasteiger charge is 2.23. The van der Waals surface area contributed by atoms with Crippen LogP contribution in [0.3, 0.4) is 0 Å². The first-order valence-electron chi connectivity index (χ1n) is 5.56. The lowest BCUT2D eigenvalue weighted by molar-refractivity contribution is 0.280. The zero-order chi connectivity index (χ0) is 15.6. The zero-order valence-corrected chi connectivity index (χ0v) is 12.7. The molecule has 9 heteroatoms. The second kappa shape index (κ2) is 6.04. The van der Waals surface area contributed by atoms with Crippen molar-refractivity contribution in [3.8, 4) is 0 Å². The van der Waals surface area contributed by atoms with Gasteiger partial charge in [-0.05, 0) is 45.8 Å². The van der Waals surface area contributed by atoms with Crippen molar-refractivity contribution >= 4 is 31.8 Å². The first kappa shape index (κ1) is 15.8. The molecular formula is C12H9BrF2N2O3S. The minimum absolute atomic E-state index is 0.0487. The molecule has 5 nitrogen and oxygen atoms in total. The number of halogens is 3. The number of aromatic nitrogens is 1. The molecule has 1 aromatic heterocycles. The van der Waals surface area contributed by atoms with Crippen LogP contribution in [0.2, 0.25) is 0 Å². The molecule has 0 saturated heterocycles. The number of rotatable bonds is 4. The van der Waals surface area contributed by atoms with Crippen LogP contribution in [0.25, 0.3) is 0 Å². The molecular weight excluding hydrogens is 370 g/mol. The largest absolute Gasteiger partial charge is 0.392 e. The maximum atomic E-state index is 13.7. The van der Waals surface area contributed by atoms with Crippen LogP contribution in [0.15, 0.2) is 39.8 Å². The van der Waals surface area contributed by atoms with Gasteiger partial charge in [-0.25, -0.2) is 22.2 Å². The summed E-state index contributed by atoms with van der Waals surface area (Å²) in [5.41, 5.74) is -0.0574. The summed E-state index contributed by atoms with van der Waals surface area (Å²) < 4.78 is 53.8. The van der Waals surface area contributed by atoms with Gasteiger partial charge in [0.2, 0.25) is 0 Å². The van der Waals surface area contributed by atoms with Gasteiger partial charge >= 0.3 is 0 Å². The molecule has 2 rings (SSSR count). The molecule has 112 valence electrons. The minimum Gasteiger partial charge on any atom is -0.392 e. The molecule has 1 aromatic carbocycles. The average molecular weight is 379 g/mol. The number of sulfonamides is 1. The quantitative estimate of drug-likeness (QED) is 0.855. The molecule has 0 aliphatic carbocycles. The summed E-state index contributed by atoms with van der Waals surface area (Å²) in [6.45, 7) is -0.615. The molecule has 0 saturated carbocycles. The zero-order valence-electron chi connectivity index (χ0n) is 10.3. The van der Waals surface area contributed by atoms with E-state index < -0.39 is 33.2 Å². The van der Waals surface area contributed by atoms with Crippen LogP contribution in [0.5, 0.6) is 0 Å². The summed E-state index contributed by atoms with van der Waals surface area (Å²) in [6, 6.07) is 4.48. The maximum absolute atomic E-state index is 13.7. The third-order valence-corrected chi connectivity index (χ3v) is 4.32. The molecule has 21 heavy (non-hydrogen) atoms. The van der Waals surface area contributed by atoms with Gasteiger partial charge in [0.15, 0.2) is 11.6 Å². The molecule has 0 unspecified atom stereocenters. The second-order valence-corrected chi connectivity index (χ2v) is 6.58. The predicted molar refractivity (Wildman–Crippen MR) is 75.0 cm³/mol. The SMILES string of the molecule is O=S(=O)(Nc1ccc(Br)cn1)c1cc(CO)cc(F)c1F. The Morgan fingerprint density at radius 1 is 1.29 bits per heavy atom. The molecule has 2 N–H and O–H groups in total. The smallest absolute Gasteiger partial charge is 0.266 e. The summed E-state index contributed by atoms with van der Waals surface area (Å²) in [5.74, 6) is -2.92. The van der Waals surface area contributed by atoms with Gasteiger partial charge in [-0.3, -0.25) is 4.72 Å². The van der Waals surface area contributed by atoms with E-state index in [9.17, 15) is 17.2 Å². The highest BCUT2D eigenvalue weighted by Crippen LogP contribution is 2.22. The Hall–Kier alpha value is -1.58. The molecule has 0 amide bonds. The lowest BCUT2D eigenvalue weighted by Crippen LogP contribution is -2.16. The summed E-state index contributed by atoms with van der Waals surface area (Å²) >= 11 is 3.13. The number of hydrogen-bond donors (Lipinski definition) is 2. The van der Waals surface area contributed by atoms with Crippen LogP contribution in [0.1, 0.15) is 5.56 Å². The normalized spacial score (nSPS) is 11.4. The van der Waals surface area contributed by atoms with Crippen molar-refractivity contribution in [2.24, 2.45) is 0 Å². The number of pyridine rings is 1. The number of hydrogen-bond acceptors (Lipinski definition) is 4. The van der Waals surface area contributed by atoms with Crippen molar-refractivity contribution in [1.82, 2.24) is 4.98 Å². The van der Waals surface area contributed by atoms with Gasteiger partial charge in [0.1, 0.15) is 10.7 Å². The Bertz CT molecular complexity index is 767. The Kier molecular flexibility index (Phi) is 4.55. The lowest BCUT2D eigenvalue weighted by atomic mass is 10.2. The van der Waals surface area contributed by atoms with Crippen molar-refractivity contribution in [3.63, 3.8) is 0 Å². The highest BCUT2D eigenvalue weighted by atomic mass is 79.9. The molecule has 0 spiro atoms. The van der Waals surface area contributed by atoms with Gasteiger partial charge < -0.3 is 5.11 Å². The van der Waals surface area contributed by atoms with Crippen LogP contribution in [-0.4, -0.2) is 18.5 Å². The van der Waals surface area contributed by atoms with Crippen LogP contribution < -0.4 is 4.72 Å². The molecule has 0 aliphatic heterocycles. The van der Waals surface area contributed by atoms with Crippen LogP contribution in [0, 0.1) is 11.6 Å². The van der Waals surface area contributed by atoms with E-state index in [4.69, 9.17) is 5.11 Å². The van der Waals surface area contributed by atoms with Gasteiger partial charge in [-0.2, -0.15) is 0 Å². The third kappa shape index (κ3) is 3.55. The number of anilines is 1. The fourth-order valence-electron chi connectivity index (χ4n) is 1.53. The average Bonchev–Trinajstić information content (AvgIpc) is 2.43. The third-order valence-electron chi connectivity index (χ3n) is 2.49. The number of nitrogens with one attached hydrogen (secondary N) is 1.